The van der Waals surface area contributed by atoms with Crippen molar-refractivity contribution < 1.29 is 9.47 Å². The van der Waals surface area contributed by atoms with Gasteiger partial charge in [-0.25, -0.2) is 0 Å². The van der Waals surface area contributed by atoms with Crippen LogP contribution in [0.2, 0.25) is 0 Å². The van der Waals surface area contributed by atoms with Gasteiger partial charge in [0.25, 0.3) is 0 Å². The maximum Gasteiger partial charge on any atom is 0.119 e. The molecule has 0 radical (unpaired) electrons. The second-order valence-electron chi connectivity index (χ2n) is 8.86. The Balaban J connectivity index is 1.60. The molecule has 0 aliphatic heterocycles. The summed E-state index contributed by atoms with van der Waals surface area (Å²) in [5.74, 6) is 3.82. The van der Waals surface area contributed by atoms with Crippen molar-refractivity contribution in [3.8, 4) is 11.5 Å². The van der Waals surface area contributed by atoms with Crippen LogP contribution in [0.15, 0.2) is 48.5 Å². The van der Waals surface area contributed by atoms with Crippen LogP contribution >= 0.6 is 11.8 Å². The Bertz CT molecular complexity index is 615. The molecule has 2 aromatic carbocycles. The highest BCUT2D eigenvalue weighted by Crippen LogP contribution is 2.25. The molecule has 0 bridgehead atoms. The molecule has 0 fully saturated rings. The molecule has 0 amide bonds. The summed E-state index contributed by atoms with van der Waals surface area (Å²) >= 11 is 1.86. The third-order valence-corrected chi connectivity index (χ3v) is 5.34. The molecule has 0 saturated heterocycles. The zero-order valence-electron chi connectivity index (χ0n) is 17.7. The Morgan fingerprint density at radius 1 is 0.593 bits per heavy atom. The monoisotopic (exact) mass is 386 g/mol. The van der Waals surface area contributed by atoms with E-state index >= 15 is 0 Å². The Morgan fingerprint density at radius 3 is 1.22 bits per heavy atom. The quantitative estimate of drug-likeness (QED) is 0.484. The molecule has 0 atom stereocenters. The minimum absolute atomic E-state index is 0.182. The molecule has 2 nitrogen and oxygen atoms in total. The fraction of sp³-hybridized carbons (Fsp3) is 0.500. The molecule has 2 rings (SSSR count). The fourth-order valence-corrected chi connectivity index (χ4v) is 3.25. The maximum absolute atomic E-state index is 5.82. The lowest BCUT2D eigenvalue weighted by Crippen LogP contribution is -2.11. The largest absolute Gasteiger partial charge is 0.493 e. The minimum atomic E-state index is 0.182. The molecule has 148 valence electrons. The molecule has 0 heterocycles. The molecule has 0 aliphatic rings. The van der Waals surface area contributed by atoms with Crippen LogP contribution in [0.3, 0.4) is 0 Å². The third-order valence-electron chi connectivity index (χ3n) is 4.43. The summed E-state index contributed by atoms with van der Waals surface area (Å²) < 4.78 is 11.6. The SMILES string of the molecule is CC(C)(C)c1ccc(OCCSCCOc2ccc(C(C)(C)C)cc2)cc1. The number of thioether (sulfide) groups is 1. The second kappa shape index (κ2) is 9.54. The van der Waals surface area contributed by atoms with Crippen LogP contribution in [0, 0.1) is 0 Å². The fourth-order valence-electron chi connectivity index (χ4n) is 2.64. The second-order valence-corrected chi connectivity index (χ2v) is 10.1. The van der Waals surface area contributed by atoms with Gasteiger partial charge in [-0.2, -0.15) is 11.8 Å². The zero-order valence-corrected chi connectivity index (χ0v) is 18.5. The van der Waals surface area contributed by atoms with Crippen molar-refractivity contribution in [2.75, 3.05) is 24.7 Å². The molecule has 0 N–H and O–H groups in total. The van der Waals surface area contributed by atoms with E-state index in [9.17, 15) is 0 Å². The number of benzene rings is 2. The molecule has 3 heteroatoms. The number of hydrogen-bond donors (Lipinski definition) is 0. The lowest BCUT2D eigenvalue weighted by atomic mass is 9.87. The maximum atomic E-state index is 5.82. The van der Waals surface area contributed by atoms with Crippen LogP contribution in [0.1, 0.15) is 52.7 Å². The highest BCUT2D eigenvalue weighted by Gasteiger charge is 2.13. The van der Waals surface area contributed by atoms with Gasteiger partial charge in [0.15, 0.2) is 0 Å². The first kappa shape index (κ1) is 21.7. The summed E-state index contributed by atoms with van der Waals surface area (Å²) in [5, 5.41) is 0. The lowest BCUT2D eigenvalue weighted by molar-refractivity contribution is 0.339. The Labute approximate surface area is 169 Å². The summed E-state index contributed by atoms with van der Waals surface area (Å²) in [7, 11) is 0. The molecule has 0 aromatic heterocycles. The molecule has 27 heavy (non-hydrogen) atoms. The minimum Gasteiger partial charge on any atom is -0.493 e. The van der Waals surface area contributed by atoms with E-state index in [1.54, 1.807) is 0 Å². The smallest absolute Gasteiger partial charge is 0.119 e. The zero-order chi connectivity index (χ0) is 19.9. The van der Waals surface area contributed by atoms with Crippen LogP contribution in [-0.2, 0) is 10.8 Å². The van der Waals surface area contributed by atoms with Crippen LogP contribution in [0.5, 0.6) is 11.5 Å². The lowest BCUT2D eigenvalue weighted by Gasteiger charge is -2.19. The average molecular weight is 387 g/mol. The summed E-state index contributed by atoms with van der Waals surface area (Å²) in [6.07, 6.45) is 0. The van der Waals surface area contributed by atoms with E-state index in [1.807, 2.05) is 11.8 Å². The van der Waals surface area contributed by atoms with E-state index in [4.69, 9.17) is 9.47 Å². The van der Waals surface area contributed by atoms with Crippen molar-refractivity contribution in [3.63, 3.8) is 0 Å². The number of rotatable bonds is 8. The van der Waals surface area contributed by atoms with Crippen LogP contribution < -0.4 is 9.47 Å². The molecule has 0 spiro atoms. The Morgan fingerprint density at radius 2 is 0.926 bits per heavy atom. The van der Waals surface area contributed by atoms with E-state index < -0.39 is 0 Å². The first-order valence-corrected chi connectivity index (χ1v) is 10.9. The van der Waals surface area contributed by atoms with E-state index in [2.05, 4.69) is 90.1 Å². The van der Waals surface area contributed by atoms with Crippen molar-refractivity contribution >= 4 is 11.8 Å². The highest BCUT2D eigenvalue weighted by atomic mass is 32.2. The Kier molecular flexibility index (Phi) is 7.67. The standard InChI is InChI=1S/C24H34O2S/c1-23(2,3)19-7-11-21(12-8-19)25-15-17-27-18-16-26-22-13-9-20(10-14-22)24(4,5)6/h7-14H,15-18H2,1-6H3. The molecular formula is C24H34O2S. The number of ether oxygens (including phenoxy) is 2. The van der Waals surface area contributed by atoms with Gasteiger partial charge in [0.1, 0.15) is 11.5 Å². The molecular weight excluding hydrogens is 352 g/mol. The predicted molar refractivity (Wildman–Crippen MR) is 119 cm³/mol. The van der Waals surface area contributed by atoms with Gasteiger partial charge < -0.3 is 9.47 Å². The van der Waals surface area contributed by atoms with Crippen LogP contribution in [0.25, 0.3) is 0 Å². The van der Waals surface area contributed by atoms with Crippen molar-refractivity contribution in [1.29, 1.82) is 0 Å². The number of hydrogen-bond acceptors (Lipinski definition) is 3. The van der Waals surface area contributed by atoms with Gasteiger partial charge in [-0.15, -0.1) is 0 Å². The van der Waals surface area contributed by atoms with E-state index in [0.29, 0.717) is 0 Å². The van der Waals surface area contributed by atoms with Crippen LogP contribution in [0.4, 0.5) is 0 Å². The van der Waals surface area contributed by atoms with E-state index in [-0.39, 0.29) is 10.8 Å². The van der Waals surface area contributed by atoms with Gasteiger partial charge in [0, 0.05) is 11.5 Å². The van der Waals surface area contributed by atoms with Crippen molar-refractivity contribution in [2.24, 2.45) is 0 Å². The van der Waals surface area contributed by atoms with Gasteiger partial charge >= 0.3 is 0 Å². The van der Waals surface area contributed by atoms with Gasteiger partial charge in [0.2, 0.25) is 0 Å². The molecule has 0 unspecified atom stereocenters. The summed E-state index contributed by atoms with van der Waals surface area (Å²) in [6, 6.07) is 16.9. The normalized spacial score (nSPS) is 12.1. The third kappa shape index (κ3) is 7.50. The van der Waals surface area contributed by atoms with Gasteiger partial charge in [0.05, 0.1) is 13.2 Å². The van der Waals surface area contributed by atoms with E-state index in [0.717, 1.165) is 36.2 Å². The molecule has 0 saturated carbocycles. The first-order valence-electron chi connectivity index (χ1n) is 9.71. The topological polar surface area (TPSA) is 18.5 Å². The molecule has 2 aromatic rings. The van der Waals surface area contributed by atoms with Crippen LogP contribution in [-0.4, -0.2) is 24.7 Å². The van der Waals surface area contributed by atoms with Gasteiger partial charge in [-0.05, 0) is 46.2 Å². The summed E-state index contributed by atoms with van der Waals surface area (Å²) in [4.78, 5) is 0. The molecule has 0 aliphatic carbocycles. The first-order chi connectivity index (χ1) is 12.7. The van der Waals surface area contributed by atoms with Gasteiger partial charge in [-0.3, -0.25) is 0 Å². The summed E-state index contributed by atoms with van der Waals surface area (Å²) in [6.45, 7) is 14.8. The Hall–Kier alpha value is -1.61. The highest BCUT2D eigenvalue weighted by molar-refractivity contribution is 7.99. The average Bonchev–Trinajstić information content (AvgIpc) is 2.60. The summed E-state index contributed by atoms with van der Waals surface area (Å²) in [5.41, 5.74) is 3.02. The van der Waals surface area contributed by atoms with Gasteiger partial charge in [-0.1, -0.05) is 65.8 Å². The van der Waals surface area contributed by atoms with Crippen molar-refractivity contribution in [1.82, 2.24) is 0 Å². The van der Waals surface area contributed by atoms with Crippen molar-refractivity contribution in [2.45, 2.75) is 52.4 Å². The van der Waals surface area contributed by atoms with Crippen molar-refractivity contribution in [3.05, 3.63) is 59.7 Å². The van der Waals surface area contributed by atoms with E-state index in [1.165, 1.54) is 11.1 Å². The predicted octanol–water partition coefficient (Wildman–Crippen LogP) is 6.47.